The molecule has 1 heterocycles. The maximum Gasteiger partial charge on any atom is 0.171 e. The van der Waals surface area contributed by atoms with Crippen molar-refractivity contribution in [1.29, 1.82) is 0 Å². The van der Waals surface area contributed by atoms with Gasteiger partial charge in [0.1, 0.15) is 0 Å². The second kappa shape index (κ2) is 14.4. The standard InChI is InChI=1S/C49H34N3OP/c53-54(41-19-9-3-10-20-41,42-21-11-4-12-22-42)46-34-33-43(44-23-13-14-24-45(44)46)37-27-31-40(32-28-37)49-51-47(38-17-7-2-8-18-38)50-48(52-49)39-29-25-36(26-30-39)35-15-5-1-6-16-35/h1-34H. The van der Waals surface area contributed by atoms with Gasteiger partial charge < -0.3 is 4.57 Å². The summed E-state index contributed by atoms with van der Waals surface area (Å²) in [5.41, 5.74) is 7.14. The van der Waals surface area contributed by atoms with Crippen LogP contribution >= 0.6 is 7.14 Å². The minimum absolute atomic E-state index is 0.601. The third-order valence-corrected chi connectivity index (χ3v) is 13.0. The van der Waals surface area contributed by atoms with Crippen molar-refractivity contribution in [2.75, 3.05) is 0 Å². The molecular formula is C49H34N3OP. The Balaban J connectivity index is 1.12. The van der Waals surface area contributed by atoms with Crippen LogP contribution in [-0.4, -0.2) is 15.0 Å². The molecule has 9 rings (SSSR count). The van der Waals surface area contributed by atoms with Crippen molar-refractivity contribution >= 4 is 33.8 Å². The Morgan fingerprint density at radius 1 is 0.296 bits per heavy atom. The van der Waals surface area contributed by atoms with Crippen molar-refractivity contribution in [3.05, 3.63) is 206 Å². The quantitative estimate of drug-likeness (QED) is 0.147. The van der Waals surface area contributed by atoms with Crippen LogP contribution in [0.1, 0.15) is 0 Å². The van der Waals surface area contributed by atoms with Crippen molar-refractivity contribution in [3.63, 3.8) is 0 Å². The van der Waals surface area contributed by atoms with Crippen molar-refractivity contribution in [2.45, 2.75) is 0 Å². The molecule has 0 fully saturated rings. The Bertz CT molecular complexity index is 2710. The highest BCUT2D eigenvalue weighted by Gasteiger charge is 2.31. The van der Waals surface area contributed by atoms with Gasteiger partial charge in [0.05, 0.1) is 0 Å². The molecule has 0 aliphatic carbocycles. The summed E-state index contributed by atoms with van der Waals surface area (Å²) >= 11 is 0. The van der Waals surface area contributed by atoms with E-state index in [-0.39, 0.29) is 0 Å². The Morgan fingerprint density at radius 3 is 1.15 bits per heavy atom. The van der Waals surface area contributed by atoms with Gasteiger partial charge in [0, 0.05) is 32.6 Å². The maximum absolute atomic E-state index is 15.4. The van der Waals surface area contributed by atoms with Crippen molar-refractivity contribution in [2.24, 2.45) is 0 Å². The Kier molecular flexibility index (Phi) is 8.80. The van der Waals surface area contributed by atoms with E-state index < -0.39 is 7.14 Å². The fraction of sp³-hybridized carbons (Fsp3) is 0. The Labute approximate surface area is 314 Å². The molecule has 0 bridgehead atoms. The van der Waals surface area contributed by atoms with Gasteiger partial charge in [-0.25, -0.2) is 15.0 Å². The van der Waals surface area contributed by atoms with Crippen LogP contribution < -0.4 is 15.9 Å². The molecule has 9 aromatic rings. The molecule has 54 heavy (non-hydrogen) atoms. The van der Waals surface area contributed by atoms with Crippen molar-refractivity contribution < 1.29 is 4.57 Å². The van der Waals surface area contributed by atoms with E-state index >= 15 is 4.57 Å². The number of fused-ring (bicyclic) bond motifs is 1. The first-order valence-electron chi connectivity index (χ1n) is 18.0. The van der Waals surface area contributed by atoms with E-state index in [1.165, 1.54) is 0 Å². The zero-order chi connectivity index (χ0) is 36.3. The lowest BCUT2D eigenvalue weighted by atomic mass is 9.97. The molecule has 0 atom stereocenters. The van der Waals surface area contributed by atoms with Gasteiger partial charge >= 0.3 is 0 Å². The molecular weight excluding hydrogens is 678 g/mol. The van der Waals surface area contributed by atoms with Crippen LogP contribution in [0.2, 0.25) is 0 Å². The van der Waals surface area contributed by atoms with E-state index in [2.05, 4.69) is 84.9 Å². The zero-order valence-corrected chi connectivity index (χ0v) is 30.2. The molecule has 0 aliphatic heterocycles. The van der Waals surface area contributed by atoms with Gasteiger partial charge in [-0.05, 0) is 39.1 Å². The lowest BCUT2D eigenvalue weighted by Crippen LogP contribution is -2.25. The third kappa shape index (κ3) is 6.23. The van der Waals surface area contributed by atoms with Gasteiger partial charge in [-0.15, -0.1) is 0 Å². The fourth-order valence-corrected chi connectivity index (χ4v) is 9.96. The summed E-state index contributed by atoms with van der Waals surface area (Å²) < 4.78 is 15.4. The molecule has 4 nitrogen and oxygen atoms in total. The lowest BCUT2D eigenvalue weighted by Gasteiger charge is -2.22. The van der Waals surface area contributed by atoms with Crippen LogP contribution in [0.25, 0.3) is 67.2 Å². The van der Waals surface area contributed by atoms with E-state index in [1.807, 2.05) is 121 Å². The minimum atomic E-state index is -3.18. The summed E-state index contributed by atoms with van der Waals surface area (Å²) in [5, 5.41) is 4.49. The average molecular weight is 712 g/mol. The number of hydrogen-bond donors (Lipinski definition) is 0. The predicted octanol–water partition coefficient (Wildman–Crippen LogP) is 11.0. The highest BCUT2D eigenvalue weighted by molar-refractivity contribution is 7.85. The molecule has 0 amide bonds. The molecule has 0 radical (unpaired) electrons. The Hall–Kier alpha value is -6.74. The van der Waals surface area contributed by atoms with Crippen LogP contribution in [0.3, 0.4) is 0 Å². The maximum atomic E-state index is 15.4. The molecule has 0 unspecified atom stereocenters. The second-order valence-electron chi connectivity index (χ2n) is 13.2. The first kappa shape index (κ1) is 33.1. The van der Waals surface area contributed by atoms with Crippen LogP contribution in [0, 0.1) is 0 Å². The largest absolute Gasteiger partial charge is 0.309 e. The number of benzene rings is 8. The van der Waals surface area contributed by atoms with E-state index in [1.54, 1.807) is 0 Å². The molecule has 0 saturated carbocycles. The van der Waals surface area contributed by atoms with Gasteiger partial charge in [-0.2, -0.15) is 0 Å². The van der Waals surface area contributed by atoms with Crippen LogP contribution in [0.15, 0.2) is 206 Å². The van der Waals surface area contributed by atoms with Crippen molar-refractivity contribution in [3.8, 4) is 56.4 Å². The number of aromatic nitrogens is 3. The summed E-state index contributed by atoms with van der Waals surface area (Å²) in [6, 6.07) is 69.2. The summed E-state index contributed by atoms with van der Waals surface area (Å²) in [6.07, 6.45) is 0. The highest BCUT2D eigenvalue weighted by Crippen LogP contribution is 2.45. The normalized spacial score (nSPS) is 11.4. The summed E-state index contributed by atoms with van der Waals surface area (Å²) in [5.74, 6) is 1.84. The predicted molar refractivity (Wildman–Crippen MR) is 224 cm³/mol. The lowest BCUT2D eigenvalue weighted by molar-refractivity contribution is 0.592. The van der Waals surface area contributed by atoms with E-state index in [4.69, 9.17) is 15.0 Å². The number of rotatable bonds is 8. The van der Waals surface area contributed by atoms with Gasteiger partial charge in [0.2, 0.25) is 0 Å². The highest BCUT2D eigenvalue weighted by atomic mass is 31.2. The monoisotopic (exact) mass is 711 g/mol. The smallest absolute Gasteiger partial charge is 0.171 e. The molecule has 0 saturated heterocycles. The topological polar surface area (TPSA) is 55.7 Å². The second-order valence-corrected chi connectivity index (χ2v) is 15.9. The van der Waals surface area contributed by atoms with E-state index in [9.17, 15) is 0 Å². The molecule has 0 N–H and O–H groups in total. The average Bonchev–Trinajstić information content (AvgIpc) is 3.27. The summed E-state index contributed by atoms with van der Waals surface area (Å²) in [6.45, 7) is 0. The van der Waals surface area contributed by atoms with Crippen LogP contribution in [0.5, 0.6) is 0 Å². The van der Waals surface area contributed by atoms with Crippen LogP contribution in [0.4, 0.5) is 0 Å². The third-order valence-electron chi connectivity index (χ3n) is 9.85. The van der Waals surface area contributed by atoms with E-state index in [0.29, 0.717) is 17.5 Å². The minimum Gasteiger partial charge on any atom is -0.309 e. The summed E-state index contributed by atoms with van der Waals surface area (Å²) in [7, 11) is -3.18. The summed E-state index contributed by atoms with van der Waals surface area (Å²) in [4.78, 5) is 14.9. The van der Waals surface area contributed by atoms with E-state index in [0.717, 1.165) is 65.6 Å². The molecule has 0 spiro atoms. The zero-order valence-electron chi connectivity index (χ0n) is 29.3. The van der Waals surface area contributed by atoms with Gasteiger partial charge in [0.15, 0.2) is 24.6 Å². The van der Waals surface area contributed by atoms with Gasteiger partial charge in [-0.3, -0.25) is 0 Å². The SMILES string of the molecule is O=P(c1ccccc1)(c1ccccc1)c1ccc(-c2ccc(-c3nc(-c4ccccc4)nc(-c4ccc(-c5ccccc5)cc4)n3)cc2)c2ccccc12. The van der Waals surface area contributed by atoms with Gasteiger partial charge in [-0.1, -0.05) is 200 Å². The fourth-order valence-electron chi connectivity index (χ4n) is 7.10. The van der Waals surface area contributed by atoms with Gasteiger partial charge in [0.25, 0.3) is 0 Å². The first-order valence-corrected chi connectivity index (χ1v) is 19.7. The van der Waals surface area contributed by atoms with Crippen LogP contribution in [-0.2, 0) is 4.57 Å². The number of nitrogens with zero attached hydrogens (tertiary/aromatic N) is 3. The van der Waals surface area contributed by atoms with Crippen molar-refractivity contribution in [1.82, 2.24) is 15.0 Å². The molecule has 0 aliphatic rings. The first-order chi connectivity index (χ1) is 26.6. The molecule has 256 valence electrons. The number of hydrogen-bond acceptors (Lipinski definition) is 4. The molecule has 5 heteroatoms. The molecule has 8 aromatic carbocycles. The molecule has 1 aromatic heterocycles. The Morgan fingerprint density at radius 2 is 0.648 bits per heavy atom.